The van der Waals surface area contributed by atoms with E-state index in [0.29, 0.717) is 24.5 Å². The van der Waals surface area contributed by atoms with Gasteiger partial charge < -0.3 is 25.4 Å². The van der Waals surface area contributed by atoms with Gasteiger partial charge in [0, 0.05) is 38.5 Å². The summed E-state index contributed by atoms with van der Waals surface area (Å²) < 4.78 is 10.6. The van der Waals surface area contributed by atoms with Gasteiger partial charge in [0.2, 0.25) is 5.91 Å². The summed E-state index contributed by atoms with van der Waals surface area (Å²) in [7, 11) is 1.52. The number of nitrogens with two attached hydrogens (primary N) is 1. The number of likely N-dealkylation sites (N-methyl/N-ethyl adjacent to an activating group) is 1. The first-order valence-electron chi connectivity index (χ1n) is 8.07. The van der Waals surface area contributed by atoms with Crippen LogP contribution < -0.4 is 15.8 Å². The molecule has 0 bridgehead atoms. The van der Waals surface area contributed by atoms with E-state index < -0.39 is 0 Å². The molecule has 0 aliphatic rings. The number of halogens is 1. The minimum Gasteiger partial charge on any atom is -0.484 e. The van der Waals surface area contributed by atoms with Crippen molar-refractivity contribution in [1.82, 2.24) is 4.90 Å². The molecule has 0 heterocycles. The molecule has 3 N–H and O–H groups in total. The van der Waals surface area contributed by atoms with Crippen molar-refractivity contribution in [3.63, 3.8) is 0 Å². The highest BCUT2D eigenvalue weighted by molar-refractivity contribution is 5.91. The van der Waals surface area contributed by atoms with Crippen LogP contribution in [0.4, 0.5) is 5.69 Å². The number of anilines is 1. The third kappa shape index (κ3) is 8.20. The van der Waals surface area contributed by atoms with Crippen LogP contribution in [0.5, 0.6) is 5.75 Å². The first kappa shape index (κ1) is 23.2. The number of hydrogen-bond acceptors (Lipinski definition) is 5. The van der Waals surface area contributed by atoms with Crippen molar-refractivity contribution in [3.8, 4) is 5.75 Å². The number of hydrogen-bond donors (Lipinski definition) is 2. The van der Waals surface area contributed by atoms with Crippen molar-refractivity contribution >= 4 is 29.9 Å². The summed E-state index contributed by atoms with van der Waals surface area (Å²) in [5.74, 6) is 0.263. The molecule has 142 valence electrons. The Morgan fingerprint density at radius 1 is 1.28 bits per heavy atom. The summed E-state index contributed by atoms with van der Waals surface area (Å²) in [6, 6.07) is 6.92. The normalized spacial score (nSPS) is 11.2. The van der Waals surface area contributed by atoms with Crippen LogP contribution in [0.1, 0.15) is 20.3 Å². The van der Waals surface area contributed by atoms with Gasteiger partial charge in [-0.2, -0.15) is 0 Å². The Hall–Kier alpha value is -1.83. The molecule has 0 fully saturated rings. The lowest BCUT2D eigenvalue weighted by atomic mass is 10.2. The van der Waals surface area contributed by atoms with Crippen LogP contribution in [-0.2, 0) is 14.3 Å². The highest BCUT2D eigenvalue weighted by Gasteiger charge is 2.13. The van der Waals surface area contributed by atoms with E-state index in [1.807, 2.05) is 13.8 Å². The molecule has 2 amide bonds. The van der Waals surface area contributed by atoms with E-state index in [-0.39, 0.29) is 49.9 Å². The second-order valence-electron chi connectivity index (χ2n) is 5.23. The van der Waals surface area contributed by atoms with Crippen LogP contribution in [0.3, 0.4) is 0 Å². The quantitative estimate of drug-likeness (QED) is 0.650. The average Bonchev–Trinajstić information content (AvgIpc) is 2.59. The lowest BCUT2D eigenvalue weighted by Crippen LogP contribution is -2.34. The highest BCUT2D eigenvalue weighted by Crippen LogP contribution is 2.18. The highest BCUT2D eigenvalue weighted by atomic mass is 35.5. The number of carbonyl (C=O) groups is 2. The van der Waals surface area contributed by atoms with Crippen molar-refractivity contribution in [2.24, 2.45) is 5.73 Å². The molecule has 1 rings (SSSR count). The molecule has 0 aromatic heterocycles. The molecule has 0 spiro atoms. The van der Waals surface area contributed by atoms with Crippen LogP contribution in [0, 0.1) is 0 Å². The Morgan fingerprint density at radius 2 is 1.96 bits per heavy atom. The topological polar surface area (TPSA) is 93.9 Å². The maximum atomic E-state index is 11.9. The predicted molar refractivity (Wildman–Crippen MR) is 100 cm³/mol. The fraction of sp³-hybridized carbons (Fsp3) is 0.529. The average molecular weight is 374 g/mol. The van der Waals surface area contributed by atoms with Gasteiger partial charge in [-0.15, -0.1) is 12.4 Å². The van der Waals surface area contributed by atoms with E-state index in [1.165, 1.54) is 7.11 Å². The first-order chi connectivity index (χ1) is 11.5. The van der Waals surface area contributed by atoms with Crippen LogP contribution in [0.2, 0.25) is 0 Å². The van der Waals surface area contributed by atoms with Crippen molar-refractivity contribution in [2.45, 2.75) is 26.4 Å². The molecule has 1 aromatic carbocycles. The van der Waals surface area contributed by atoms with Gasteiger partial charge in [0.25, 0.3) is 5.91 Å². The number of nitrogens with one attached hydrogen (secondary N) is 1. The van der Waals surface area contributed by atoms with Crippen LogP contribution in [0.15, 0.2) is 24.3 Å². The van der Waals surface area contributed by atoms with Gasteiger partial charge in [0.15, 0.2) is 6.61 Å². The molecular formula is C17H28ClN3O4. The van der Waals surface area contributed by atoms with Gasteiger partial charge in [-0.3, -0.25) is 9.59 Å². The van der Waals surface area contributed by atoms with Crippen LogP contribution in [-0.4, -0.2) is 56.2 Å². The van der Waals surface area contributed by atoms with E-state index in [0.717, 1.165) is 0 Å². The zero-order chi connectivity index (χ0) is 17.9. The van der Waals surface area contributed by atoms with Gasteiger partial charge in [-0.25, -0.2) is 0 Å². The number of rotatable bonds is 10. The first-order valence-corrected chi connectivity index (χ1v) is 8.07. The second kappa shape index (κ2) is 12.5. The number of amides is 2. The zero-order valence-corrected chi connectivity index (χ0v) is 15.8. The molecule has 0 aliphatic heterocycles. The molecule has 0 aliphatic carbocycles. The summed E-state index contributed by atoms with van der Waals surface area (Å²) in [6.45, 7) is 5.39. The molecule has 1 unspecified atom stereocenters. The fourth-order valence-corrected chi connectivity index (χ4v) is 2.16. The van der Waals surface area contributed by atoms with Gasteiger partial charge in [-0.1, -0.05) is 6.07 Å². The smallest absolute Gasteiger partial charge is 0.260 e. The predicted octanol–water partition coefficient (Wildman–Crippen LogP) is 1.66. The Kier molecular flexibility index (Phi) is 11.6. The van der Waals surface area contributed by atoms with Gasteiger partial charge >= 0.3 is 0 Å². The number of benzene rings is 1. The van der Waals surface area contributed by atoms with Crippen molar-refractivity contribution in [1.29, 1.82) is 0 Å². The summed E-state index contributed by atoms with van der Waals surface area (Å²) in [5.41, 5.74) is 6.10. The Balaban J connectivity index is 0.00000576. The number of ether oxygens (including phenoxy) is 2. The molecule has 8 heteroatoms. The molecule has 25 heavy (non-hydrogen) atoms. The minimum atomic E-state index is -0.309. The summed E-state index contributed by atoms with van der Waals surface area (Å²) >= 11 is 0. The van der Waals surface area contributed by atoms with Crippen LogP contribution >= 0.6 is 12.4 Å². The lowest BCUT2D eigenvalue weighted by Gasteiger charge is -2.18. The maximum Gasteiger partial charge on any atom is 0.260 e. The van der Waals surface area contributed by atoms with E-state index in [4.69, 9.17) is 15.2 Å². The van der Waals surface area contributed by atoms with E-state index in [2.05, 4.69) is 5.32 Å². The fourth-order valence-electron chi connectivity index (χ4n) is 2.16. The second-order valence-corrected chi connectivity index (χ2v) is 5.23. The Morgan fingerprint density at radius 3 is 2.52 bits per heavy atom. The molecule has 1 atom stereocenters. The lowest BCUT2D eigenvalue weighted by molar-refractivity contribution is -0.133. The van der Waals surface area contributed by atoms with E-state index in [1.54, 1.807) is 29.2 Å². The SMILES string of the molecule is CCN(CC)C(=O)COc1cccc(NC(=O)CC(CN)OC)c1.Cl. The van der Waals surface area contributed by atoms with E-state index >= 15 is 0 Å². The number of methoxy groups -OCH3 is 1. The van der Waals surface area contributed by atoms with Crippen molar-refractivity contribution < 1.29 is 19.1 Å². The third-order valence-electron chi connectivity index (χ3n) is 3.61. The zero-order valence-electron chi connectivity index (χ0n) is 15.0. The van der Waals surface area contributed by atoms with Gasteiger partial charge in [-0.05, 0) is 26.0 Å². The Labute approximate surface area is 155 Å². The summed E-state index contributed by atoms with van der Waals surface area (Å²) in [6.07, 6.45) is -0.130. The van der Waals surface area contributed by atoms with Gasteiger partial charge in [0.1, 0.15) is 5.75 Å². The number of carbonyl (C=O) groups excluding carboxylic acids is 2. The number of nitrogens with zero attached hydrogens (tertiary/aromatic N) is 1. The van der Waals surface area contributed by atoms with Crippen molar-refractivity contribution in [2.75, 3.05) is 38.7 Å². The standard InChI is InChI=1S/C17H27N3O4.ClH/c1-4-20(5-2)17(22)12-24-14-8-6-7-13(9-14)19-16(21)10-15(11-18)23-3;/h6-9,15H,4-5,10-12,18H2,1-3H3,(H,19,21);1H. The monoisotopic (exact) mass is 373 g/mol. The minimum absolute atomic E-state index is 0. The summed E-state index contributed by atoms with van der Waals surface area (Å²) in [4.78, 5) is 25.6. The van der Waals surface area contributed by atoms with Crippen molar-refractivity contribution in [3.05, 3.63) is 24.3 Å². The summed E-state index contributed by atoms with van der Waals surface area (Å²) in [5, 5.41) is 2.76. The molecule has 0 saturated carbocycles. The molecule has 0 saturated heterocycles. The third-order valence-corrected chi connectivity index (χ3v) is 3.61. The van der Waals surface area contributed by atoms with Gasteiger partial charge in [0.05, 0.1) is 12.5 Å². The molecule has 0 radical (unpaired) electrons. The largest absolute Gasteiger partial charge is 0.484 e. The molecule has 7 nitrogen and oxygen atoms in total. The van der Waals surface area contributed by atoms with E-state index in [9.17, 15) is 9.59 Å². The maximum absolute atomic E-state index is 11.9. The van der Waals surface area contributed by atoms with Crippen LogP contribution in [0.25, 0.3) is 0 Å². The molecular weight excluding hydrogens is 346 g/mol. The Bertz CT molecular complexity index is 534. The molecule has 1 aromatic rings.